The van der Waals surface area contributed by atoms with Crippen molar-refractivity contribution in [2.24, 2.45) is 5.73 Å². The number of benzene rings is 1. The minimum Gasteiger partial charge on any atom is -0.507 e. The highest BCUT2D eigenvalue weighted by molar-refractivity contribution is 14.1. The maximum atomic E-state index is 9.24. The molecule has 13 heavy (non-hydrogen) atoms. The lowest BCUT2D eigenvalue weighted by atomic mass is 10.1. The molecule has 3 N–H and O–H groups in total. The lowest BCUT2D eigenvalue weighted by Gasteiger charge is -2.08. The largest absolute Gasteiger partial charge is 0.507 e. The topological polar surface area (TPSA) is 70.0 Å². The second-order valence-electron chi connectivity index (χ2n) is 2.68. The van der Waals surface area contributed by atoms with E-state index in [1.54, 1.807) is 18.2 Å². The molecule has 68 valence electrons. The van der Waals surface area contributed by atoms with Gasteiger partial charge in [0.05, 0.1) is 16.1 Å². The van der Waals surface area contributed by atoms with Crippen molar-refractivity contribution < 1.29 is 5.11 Å². The average Bonchev–Trinajstić information content (AvgIpc) is 2.10. The maximum Gasteiger partial charge on any atom is 0.128 e. The molecule has 0 saturated carbocycles. The van der Waals surface area contributed by atoms with E-state index in [0.717, 1.165) is 9.13 Å². The van der Waals surface area contributed by atoms with Crippen molar-refractivity contribution in [2.45, 2.75) is 12.5 Å². The van der Waals surface area contributed by atoms with Crippen LogP contribution in [0.15, 0.2) is 18.2 Å². The number of rotatable bonds is 2. The molecule has 0 bridgehead atoms. The Balaban J connectivity index is 2.91. The maximum absolute atomic E-state index is 9.24. The third-order valence-corrected chi connectivity index (χ3v) is 2.58. The summed E-state index contributed by atoms with van der Waals surface area (Å²) in [6.45, 7) is 0. The van der Waals surface area contributed by atoms with Crippen LogP contribution in [0.5, 0.6) is 5.75 Å². The predicted molar refractivity (Wildman–Crippen MR) is 58.0 cm³/mol. The number of phenolic OH excluding ortho intramolecular Hbond substituents is 1. The van der Waals surface area contributed by atoms with Gasteiger partial charge in [-0.1, -0.05) is 6.07 Å². The van der Waals surface area contributed by atoms with Crippen LogP contribution in [0.3, 0.4) is 0 Å². The smallest absolute Gasteiger partial charge is 0.128 e. The van der Waals surface area contributed by atoms with Crippen molar-refractivity contribution >= 4 is 22.6 Å². The monoisotopic (exact) mass is 288 g/mol. The summed E-state index contributed by atoms with van der Waals surface area (Å²) in [5.41, 5.74) is 6.60. The summed E-state index contributed by atoms with van der Waals surface area (Å²) in [5, 5.41) is 17.7. The summed E-state index contributed by atoms with van der Waals surface area (Å²) in [6.07, 6.45) is 0.293. The molecule has 0 aliphatic rings. The van der Waals surface area contributed by atoms with E-state index in [1.165, 1.54) is 0 Å². The van der Waals surface area contributed by atoms with Gasteiger partial charge in [0.15, 0.2) is 0 Å². The van der Waals surface area contributed by atoms with Crippen LogP contribution in [-0.2, 0) is 0 Å². The quantitative estimate of drug-likeness (QED) is 0.817. The highest BCUT2D eigenvalue weighted by atomic mass is 127. The van der Waals surface area contributed by atoms with Crippen molar-refractivity contribution in [3.63, 3.8) is 0 Å². The Morgan fingerprint density at radius 3 is 2.85 bits per heavy atom. The highest BCUT2D eigenvalue weighted by Crippen LogP contribution is 2.23. The molecule has 0 aliphatic carbocycles. The van der Waals surface area contributed by atoms with Gasteiger partial charge in [-0.2, -0.15) is 5.26 Å². The van der Waals surface area contributed by atoms with E-state index >= 15 is 0 Å². The molecule has 0 fully saturated rings. The molecule has 1 aromatic carbocycles. The Hall–Kier alpha value is -0.800. The molecule has 1 rings (SSSR count). The SMILES string of the molecule is N#CC[C@H](N)c1ccc(O)c(I)c1. The fourth-order valence-electron chi connectivity index (χ4n) is 0.970. The van der Waals surface area contributed by atoms with Crippen molar-refractivity contribution in [3.05, 3.63) is 27.3 Å². The normalized spacial score (nSPS) is 12.1. The summed E-state index contributed by atoms with van der Waals surface area (Å²) < 4.78 is 0.753. The summed E-state index contributed by atoms with van der Waals surface area (Å²) in [7, 11) is 0. The Kier molecular flexibility index (Phi) is 3.51. The lowest BCUT2D eigenvalue weighted by molar-refractivity contribution is 0.471. The zero-order chi connectivity index (χ0) is 9.84. The second-order valence-corrected chi connectivity index (χ2v) is 3.84. The van der Waals surface area contributed by atoms with Gasteiger partial charge in [0, 0.05) is 6.04 Å². The first-order chi connectivity index (χ1) is 6.15. The number of hydrogen-bond donors (Lipinski definition) is 2. The molecule has 1 aromatic rings. The zero-order valence-corrected chi connectivity index (χ0v) is 9.02. The van der Waals surface area contributed by atoms with E-state index in [9.17, 15) is 5.11 Å². The van der Waals surface area contributed by atoms with E-state index in [0.29, 0.717) is 6.42 Å². The van der Waals surface area contributed by atoms with Gasteiger partial charge in [-0.15, -0.1) is 0 Å². The molecule has 3 nitrogen and oxygen atoms in total. The van der Waals surface area contributed by atoms with Crippen LogP contribution in [0.4, 0.5) is 0 Å². The van der Waals surface area contributed by atoms with Gasteiger partial charge < -0.3 is 10.8 Å². The van der Waals surface area contributed by atoms with Gasteiger partial charge in [-0.25, -0.2) is 0 Å². The summed E-state index contributed by atoms with van der Waals surface area (Å²) in [4.78, 5) is 0. The second kappa shape index (κ2) is 4.44. The average molecular weight is 288 g/mol. The molecule has 1 atom stereocenters. The van der Waals surface area contributed by atoms with Crippen LogP contribution in [0.2, 0.25) is 0 Å². The highest BCUT2D eigenvalue weighted by Gasteiger charge is 2.06. The number of aromatic hydroxyl groups is 1. The van der Waals surface area contributed by atoms with Gasteiger partial charge >= 0.3 is 0 Å². The van der Waals surface area contributed by atoms with Crippen molar-refractivity contribution in [1.82, 2.24) is 0 Å². The minimum atomic E-state index is -0.265. The van der Waals surface area contributed by atoms with Crippen LogP contribution >= 0.6 is 22.6 Å². The number of hydrogen-bond acceptors (Lipinski definition) is 3. The van der Waals surface area contributed by atoms with Crippen LogP contribution in [0.25, 0.3) is 0 Å². The Bertz CT molecular complexity index is 346. The van der Waals surface area contributed by atoms with Crippen LogP contribution in [-0.4, -0.2) is 5.11 Å². The Morgan fingerprint density at radius 2 is 2.31 bits per heavy atom. The minimum absolute atomic E-state index is 0.244. The predicted octanol–water partition coefficient (Wildman–Crippen LogP) is 1.91. The Morgan fingerprint density at radius 1 is 1.62 bits per heavy atom. The molecule has 0 unspecified atom stereocenters. The van der Waals surface area contributed by atoms with Crippen LogP contribution < -0.4 is 5.73 Å². The summed E-state index contributed by atoms with van der Waals surface area (Å²) >= 11 is 2.02. The standard InChI is InChI=1S/C9H9IN2O/c10-7-5-6(1-2-9(7)13)8(12)3-4-11/h1-2,5,8,13H,3,12H2/t8-/m0/s1. The number of nitrogens with two attached hydrogens (primary N) is 1. The van der Waals surface area contributed by atoms with Crippen molar-refractivity contribution in [2.75, 3.05) is 0 Å². The van der Waals surface area contributed by atoms with Crippen molar-refractivity contribution in [3.8, 4) is 11.8 Å². The molecular formula is C9H9IN2O. The van der Waals surface area contributed by atoms with E-state index < -0.39 is 0 Å². The first-order valence-electron chi connectivity index (χ1n) is 3.76. The van der Waals surface area contributed by atoms with Gasteiger partial charge in [0.25, 0.3) is 0 Å². The van der Waals surface area contributed by atoms with Gasteiger partial charge in [-0.05, 0) is 40.3 Å². The van der Waals surface area contributed by atoms with Crippen LogP contribution in [0.1, 0.15) is 18.0 Å². The van der Waals surface area contributed by atoms with Gasteiger partial charge in [0.2, 0.25) is 0 Å². The summed E-state index contributed by atoms with van der Waals surface area (Å²) in [5.74, 6) is 0.244. The van der Waals surface area contributed by atoms with E-state index in [4.69, 9.17) is 11.0 Å². The lowest BCUT2D eigenvalue weighted by Crippen LogP contribution is -2.09. The third kappa shape index (κ3) is 2.57. The third-order valence-electron chi connectivity index (χ3n) is 1.71. The number of nitrogens with zero attached hydrogens (tertiary/aromatic N) is 1. The number of phenols is 1. The molecule has 0 heterocycles. The Labute approximate surface area is 90.3 Å². The fourth-order valence-corrected chi connectivity index (χ4v) is 1.51. The van der Waals surface area contributed by atoms with E-state index in [1.807, 2.05) is 28.7 Å². The number of nitriles is 1. The molecule has 0 saturated heterocycles. The van der Waals surface area contributed by atoms with E-state index in [-0.39, 0.29) is 11.8 Å². The molecule has 0 aromatic heterocycles. The molecule has 0 amide bonds. The molecule has 0 aliphatic heterocycles. The molecule has 0 spiro atoms. The van der Waals surface area contributed by atoms with Gasteiger partial charge in [0.1, 0.15) is 5.75 Å². The van der Waals surface area contributed by atoms with Crippen molar-refractivity contribution in [1.29, 1.82) is 5.26 Å². The van der Waals surface area contributed by atoms with Crippen LogP contribution in [0, 0.1) is 14.9 Å². The first kappa shape index (κ1) is 10.3. The zero-order valence-electron chi connectivity index (χ0n) is 6.87. The molecule has 4 heteroatoms. The fraction of sp³-hybridized carbons (Fsp3) is 0.222. The molecular weight excluding hydrogens is 279 g/mol. The summed E-state index contributed by atoms with van der Waals surface area (Å²) in [6, 6.07) is 6.86. The number of halogens is 1. The molecule has 0 radical (unpaired) electrons. The first-order valence-corrected chi connectivity index (χ1v) is 4.84. The van der Waals surface area contributed by atoms with E-state index in [2.05, 4.69) is 0 Å². The van der Waals surface area contributed by atoms with Gasteiger partial charge in [-0.3, -0.25) is 0 Å².